The minimum Gasteiger partial charge on any atom is -0.394 e. The molecule has 412 valence electrons. The van der Waals surface area contributed by atoms with E-state index in [2.05, 4.69) is 30.5 Å². The van der Waals surface area contributed by atoms with Crippen molar-refractivity contribution in [2.75, 3.05) is 13.2 Å². The summed E-state index contributed by atoms with van der Waals surface area (Å²) < 4.78 is 11.2. The molecule has 0 spiro atoms. The highest BCUT2D eigenvalue weighted by Gasteiger charge is 2.44. The molecule has 1 aliphatic heterocycles. The van der Waals surface area contributed by atoms with Gasteiger partial charge in [0.05, 0.1) is 25.4 Å². The number of hydrogen-bond acceptors (Lipinski definition) is 8. The zero-order valence-electron chi connectivity index (χ0n) is 45.8. The normalized spacial score (nSPS) is 19.6. The number of aliphatic hydroxyl groups excluding tert-OH is 5. The van der Waals surface area contributed by atoms with Gasteiger partial charge in [0.2, 0.25) is 5.91 Å². The fourth-order valence-corrected chi connectivity index (χ4v) is 9.79. The zero-order chi connectivity index (χ0) is 50.8. The van der Waals surface area contributed by atoms with Crippen LogP contribution in [0, 0.1) is 0 Å². The number of aliphatic hydroxyl groups is 5. The van der Waals surface area contributed by atoms with E-state index in [0.717, 1.165) is 44.9 Å². The van der Waals surface area contributed by atoms with Crippen LogP contribution in [0.1, 0.15) is 290 Å². The van der Waals surface area contributed by atoms with Gasteiger partial charge in [0.1, 0.15) is 24.4 Å². The molecule has 6 N–H and O–H groups in total. The van der Waals surface area contributed by atoms with Crippen LogP contribution in [0.3, 0.4) is 0 Å². The number of hydrogen-bond donors (Lipinski definition) is 6. The molecule has 1 heterocycles. The minimum atomic E-state index is -1.57. The van der Waals surface area contributed by atoms with Crippen LogP contribution in [0.15, 0.2) is 36.5 Å². The van der Waals surface area contributed by atoms with Gasteiger partial charge in [-0.3, -0.25) is 4.79 Å². The topological polar surface area (TPSA) is 149 Å². The summed E-state index contributed by atoms with van der Waals surface area (Å²) in [5, 5.41) is 54.1. The first-order chi connectivity index (χ1) is 34.3. The van der Waals surface area contributed by atoms with Crippen LogP contribution in [0.4, 0.5) is 0 Å². The van der Waals surface area contributed by atoms with E-state index in [4.69, 9.17) is 9.47 Å². The van der Waals surface area contributed by atoms with Crippen molar-refractivity contribution in [3.8, 4) is 0 Å². The Bertz CT molecular complexity index is 1190. The van der Waals surface area contributed by atoms with E-state index >= 15 is 0 Å². The second kappa shape index (κ2) is 50.9. The molecule has 0 aliphatic carbocycles. The molecule has 1 aliphatic rings. The van der Waals surface area contributed by atoms with Crippen molar-refractivity contribution in [2.24, 2.45) is 0 Å². The fourth-order valence-electron chi connectivity index (χ4n) is 9.79. The molecule has 1 rings (SSSR count). The van der Waals surface area contributed by atoms with Crippen molar-refractivity contribution in [3.63, 3.8) is 0 Å². The first-order valence-electron chi connectivity index (χ1n) is 30.2. The average Bonchev–Trinajstić information content (AvgIpc) is 3.36. The summed E-state index contributed by atoms with van der Waals surface area (Å²) in [5.74, 6) is -0.189. The molecule has 9 nitrogen and oxygen atoms in total. The predicted molar refractivity (Wildman–Crippen MR) is 295 cm³/mol. The lowest BCUT2D eigenvalue weighted by Gasteiger charge is -2.40. The predicted octanol–water partition coefficient (Wildman–Crippen LogP) is 15.1. The molecule has 1 amide bonds. The number of carbonyl (C=O) groups excluding carboxylic acids is 1. The van der Waals surface area contributed by atoms with Crippen molar-refractivity contribution in [1.29, 1.82) is 0 Å². The van der Waals surface area contributed by atoms with Crippen LogP contribution in [0.2, 0.25) is 0 Å². The van der Waals surface area contributed by atoms with Crippen LogP contribution < -0.4 is 5.32 Å². The Hall–Kier alpha value is -1.59. The molecule has 0 aromatic rings. The number of ether oxygens (including phenoxy) is 2. The molecule has 7 unspecified atom stereocenters. The Kier molecular flexibility index (Phi) is 48.3. The number of amides is 1. The lowest BCUT2D eigenvalue weighted by atomic mass is 9.99. The van der Waals surface area contributed by atoms with Crippen LogP contribution in [0.25, 0.3) is 0 Å². The van der Waals surface area contributed by atoms with Crippen LogP contribution in [-0.4, -0.2) is 87.5 Å². The van der Waals surface area contributed by atoms with Gasteiger partial charge in [0, 0.05) is 6.42 Å². The Morgan fingerprint density at radius 1 is 0.500 bits per heavy atom. The fraction of sp³-hybridized carbons (Fsp3) is 0.885. The maximum Gasteiger partial charge on any atom is 0.220 e. The lowest BCUT2D eigenvalue weighted by molar-refractivity contribution is -0.302. The highest BCUT2D eigenvalue weighted by Crippen LogP contribution is 2.23. The second-order valence-corrected chi connectivity index (χ2v) is 21.1. The van der Waals surface area contributed by atoms with Crippen LogP contribution in [-0.2, 0) is 14.3 Å². The molecule has 9 heteroatoms. The Balaban J connectivity index is 1.98. The molecule has 1 saturated heterocycles. The van der Waals surface area contributed by atoms with Crippen molar-refractivity contribution in [2.45, 2.75) is 333 Å². The molecule has 1 fully saturated rings. The highest BCUT2D eigenvalue weighted by molar-refractivity contribution is 5.76. The summed E-state index contributed by atoms with van der Waals surface area (Å²) in [5.41, 5.74) is 0. The van der Waals surface area contributed by atoms with Gasteiger partial charge in [0.25, 0.3) is 0 Å². The summed E-state index contributed by atoms with van der Waals surface area (Å²) in [6.07, 6.45) is 60.2. The summed E-state index contributed by atoms with van der Waals surface area (Å²) in [4.78, 5) is 13.0. The largest absolute Gasteiger partial charge is 0.394 e. The van der Waals surface area contributed by atoms with E-state index in [1.165, 1.54) is 225 Å². The first kappa shape index (κ1) is 66.4. The molecule has 0 bridgehead atoms. The molecular formula is C61H115NO8. The van der Waals surface area contributed by atoms with Gasteiger partial charge in [-0.05, 0) is 39.0 Å². The molecule has 7 atom stereocenters. The third kappa shape index (κ3) is 39.9. The van der Waals surface area contributed by atoms with Gasteiger partial charge in [-0.15, -0.1) is 0 Å². The van der Waals surface area contributed by atoms with Gasteiger partial charge < -0.3 is 40.3 Å². The summed E-state index contributed by atoms with van der Waals surface area (Å²) in [6, 6.07) is -0.824. The number of carbonyl (C=O) groups is 1. The number of nitrogens with one attached hydrogen (secondary N) is 1. The van der Waals surface area contributed by atoms with Crippen molar-refractivity contribution in [3.05, 3.63) is 36.5 Å². The second-order valence-electron chi connectivity index (χ2n) is 21.1. The maximum atomic E-state index is 13.0. The number of allylic oxidation sites excluding steroid dienone is 5. The molecule has 0 aromatic heterocycles. The van der Waals surface area contributed by atoms with Gasteiger partial charge in [0.15, 0.2) is 6.29 Å². The third-order valence-electron chi connectivity index (χ3n) is 14.5. The summed E-state index contributed by atoms with van der Waals surface area (Å²) in [6.45, 7) is 3.54. The molecule has 0 aromatic carbocycles. The van der Waals surface area contributed by atoms with E-state index in [9.17, 15) is 30.3 Å². The van der Waals surface area contributed by atoms with Crippen LogP contribution in [0.5, 0.6) is 0 Å². The van der Waals surface area contributed by atoms with E-state index in [-0.39, 0.29) is 12.5 Å². The minimum absolute atomic E-state index is 0.189. The standard InChI is InChI=1S/C61H115NO8/c1-3-5-7-9-11-13-14-15-16-17-18-19-20-21-22-23-24-25-26-27-28-29-30-31-32-33-34-35-36-37-38-39-40-41-43-45-47-49-51-57(65)62-54(55(64)50-48-46-44-42-12-10-8-6-4-2)53-69-61-60(68)59(67)58(66)56(52-63)70-61/h4,6,12,42,48,50,54-56,58-61,63-64,66-68H,3,5,7-11,13-41,43-47,49,51-53H2,1-2H3,(H,62,65)/b6-4+,42-12+,50-48+. The van der Waals surface area contributed by atoms with E-state index in [1.54, 1.807) is 6.08 Å². The van der Waals surface area contributed by atoms with Crippen LogP contribution >= 0.6 is 0 Å². The van der Waals surface area contributed by atoms with Crippen molar-refractivity contribution in [1.82, 2.24) is 5.32 Å². The average molecular weight is 991 g/mol. The van der Waals surface area contributed by atoms with Crippen molar-refractivity contribution < 1.29 is 39.8 Å². The Labute approximate surface area is 431 Å². The van der Waals surface area contributed by atoms with Gasteiger partial charge >= 0.3 is 0 Å². The zero-order valence-corrected chi connectivity index (χ0v) is 45.8. The number of rotatable bonds is 52. The molecular weight excluding hydrogens is 875 g/mol. The summed E-state index contributed by atoms with van der Waals surface area (Å²) in [7, 11) is 0. The number of unbranched alkanes of at least 4 members (excludes halogenated alkanes) is 39. The van der Waals surface area contributed by atoms with E-state index < -0.39 is 49.5 Å². The summed E-state index contributed by atoms with van der Waals surface area (Å²) >= 11 is 0. The molecule has 70 heavy (non-hydrogen) atoms. The van der Waals surface area contributed by atoms with Gasteiger partial charge in [-0.1, -0.05) is 281 Å². The monoisotopic (exact) mass is 990 g/mol. The van der Waals surface area contributed by atoms with Gasteiger partial charge in [-0.2, -0.15) is 0 Å². The van der Waals surface area contributed by atoms with E-state index in [0.29, 0.717) is 6.42 Å². The first-order valence-corrected chi connectivity index (χ1v) is 30.2. The van der Waals surface area contributed by atoms with Gasteiger partial charge in [-0.25, -0.2) is 0 Å². The van der Waals surface area contributed by atoms with E-state index in [1.807, 2.05) is 19.1 Å². The lowest BCUT2D eigenvalue weighted by Crippen LogP contribution is -2.60. The molecule has 0 saturated carbocycles. The Morgan fingerprint density at radius 2 is 0.843 bits per heavy atom. The molecule has 0 radical (unpaired) electrons. The quantitative estimate of drug-likeness (QED) is 0.0261. The highest BCUT2D eigenvalue weighted by atomic mass is 16.7. The SMILES string of the molecule is C/C=C/CC/C=C/CC/C=C/C(O)C(COC1OC(CO)C(O)C(O)C1O)NC(=O)CCCCCCCCCCCCCCCCCCCCCCCCCCCCCCCCCCCCCCCC. The maximum absolute atomic E-state index is 13.0. The third-order valence-corrected chi connectivity index (χ3v) is 14.5. The van der Waals surface area contributed by atoms with Crippen molar-refractivity contribution >= 4 is 5.91 Å². The smallest absolute Gasteiger partial charge is 0.220 e. The Morgan fingerprint density at radius 3 is 1.20 bits per heavy atom.